The number of benzene rings is 2. The molecule has 134 valence electrons. The molecular formula is C20H19NO4S. The first-order valence-corrected chi connectivity index (χ1v) is 9.00. The van der Waals surface area contributed by atoms with Gasteiger partial charge in [-0.15, -0.1) is 0 Å². The Bertz CT molecular complexity index is 838. The number of hydrogen-bond donors (Lipinski definition) is 1. The van der Waals surface area contributed by atoms with Gasteiger partial charge in [0, 0.05) is 0 Å². The van der Waals surface area contributed by atoms with Gasteiger partial charge in [-0.25, -0.2) is 0 Å². The Balaban J connectivity index is 1.49. The average molecular weight is 369 g/mol. The fourth-order valence-corrected chi connectivity index (χ4v) is 3.25. The number of ether oxygens (including phenoxy) is 2. The summed E-state index contributed by atoms with van der Waals surface area (Å²) in [6.07, 6.45) is 1.68. The predicted octanol–water partition coefficient (Wildman–Crippen LogP) is 4.09. The van der Waals surface area contributed by atoms with Gasteiger partial charge in [-0.2, -0.15) is 0 Å². The summed E-state index contributed by atoms with van der Waals surface area (Å²) in [5.74, 6) is 1.20. The molecule has 0 radical (unpaired) electrons. The summed E-state index contributed by atoms with van der Waals surface area (Å²) in [5, 5.41) is 1.89. The molecule has 1 aliphatic heterocycles. The molecule has 3 rings (SSSR count). The fraction of sp³-hybridized carbons (Fsp3) is 0.200. The highest BCUT2D eigenvalue weighted by Crippen LogP contribution is 2.26. The van der Waals surface area contributed by atoms with Crippen LogP contribution in [0.3, 0.4) is 0 Å². The average Bonchev–Trinajstić information content (AvgIpc) is 2.89. The first-order chi connectivity index (χ1) is 12.5. The number of nitrogens with one attached hydrogen (secondary N) is 1. The van der Waals surface area contributed by atoms with Crippen LogP contribution in [0.2, 0.25) is 0 Å². The smallest absolute Gasteiger partial charge is 0.290 e. The van der Waals surface area contributed by atoms with E-state index in [0.29, 0.717) is 18.1 Å². The predicted molar refractivity (Wildman–Crippen MR) is 102 cm³/mol. The van der Waals surface area contributed by atoms with E-state index in [1.165, 1.54) is 11.1 Å². The number of amides is 2. The molecule has 1 aliphatic rings. The van der Waals surface area contributed by atoms with Gasteiger partial charge < -0.3 is 9.47 Å². The van der Waals surface area contributed by atoms with Crippen molar-refractivity contribution in [3.8, 4) is 11.5 Å². The van der Waals surface area contributed by atoms with Gasteiger partial charge in [0.05, 0.1) is 4.91 Å². The SMILES string of the molecule is Cc1cc(C)cc(OCCOc2ccc(/C=C3\SC(=O)NC3=O)cc2)c1. The normalized spacial score (nSPS) is 15.2. The van der Waals surface area contributed by atoms with Crippen LogP contribution in [0, 0.1) is 13.8 Å². The molecule has 5 nitrogen and oxygen atoms in total. The largest absolute Gasteiger partial charge is 0.490 e. The van der Waals surface area contributed by atoms with Crippen molar-refractivity contribution >= 4 is 29.0 Å². The van der Waals surface area contributed by atoms with Crippen LogP contribution in [0.25, 0.3) is 6.08 Å². The zero-order valence-corrected chi connectivity index (χ0v) is 15.4. The van der Waals surface area contributed by atoms with Gasteiger partial charge in [0.2, 0.25) is 0 Å². The van der Waals surface area contributed by atoms with Crippen LogP contribution in [-0.4, -0.2) is 24.4 Å². The highest BCUT2D eigenvalue weighted by Gasteiger charge is 2.24. The van der Waals surface area contributed by atoms with Crippen molar-refractivity contribution in [1.29, 1.82) is 0 Å². The monoisotopic (exact) mass is 369 g/mol. The lowest BCUT2D eigenvalue weighted by Crippen LogP contribution is -2.17. The van der Waals surface area contributed by atoms with E-state index in [0.717, 1.165) is 28.8 Å². The van der Waals surface area contributed by atoms with Crippen molar-refractivity contribution in [2.75, 3.05) is 13.2 Å². The van der Waals surface area contributed by atoms with Crippen molar-refractivity contribution in [2.24, 2.45) is 0 Å². The summed E-state index contributed by atoms with van der Waals surface area (Å²) in [5.41, 5.74) is 3.17. The van der Waals surface area contributed by atoms with E-state index in [4.69, 9.17) is 9.47 Å². The van der Waals surface area contributed by atoms with Crippen LogP contribution >= 0.6 is 11.8 Å². The highest BCUT2D eigenvalue weighted by molar-refractivity contribution is 8.18. The van der Waals surface area contributed by atoms with Crippen molar-refractivity contribution in [3.05, 3.63) is 64.1 Å². The number of carbonyl (C=O) groups excluding carboxylic acids is 2. The van der Waals surface area contributed by atoms with Crippen LogP contribution in [-0.2, 0) is 4.79 Å². The molecule has 0 aliphatic carbocycles. The molecule has 0 aromatic heterocycles. The van der Waals surface area contributed by atoms with Gasteiger partial charge in [-0.05, 0) is 72.6 Å². The number of aryl methyl sites for hydroxylation is 2. The van der Waals surface area contributed by atoms with Crippen LogP contribution in [0.5, 0.6) is 11.5 Å². The molecular weight excluding hydrogens is 350 g/mol. The zero-order chi connectivity index (χ0) is 18.5. The minimum Gasteiger partial charge on any atom is -0.490 e. The van der Waals surface area contributed by atoms with Gasteiger partial charge in [0.1, 0.15) is 24.7 Å². The molecule has 2 aromatic carbocycles. The van der Waals surface area contributed by atoms with Gasteiger partial charge in [-0.3, -0.25) is 14.9 Å². The molecule has 2 amide bonds. The van der Waals surface area contributed by atoms with Gasteiger partial charge in [0.25, 0.3) is 11.1 Å². The van der Waals surface area contributed by atoms with Crippen molar-refractivity contribution < 1.29 is 19.1 Å². The van der Waals surface area contributed by atoms with E-state index in [-0.39, 0.29) is 11.1 Å². The summed E-state index contributed by atoms with van der Waals surface area (Å²) in [6, 6.07) is 13.4. The van der Waals surface area contributed by atoms with Gasteiger partial charge in [-0.1, -0.05) is 18.2 Å². The molecule has 1 N–H and O–H groups in total. The van der Waals surface area contributed by atoms with Crippen molar-refractivity contribution in [1.82, 2.24) is 5.32 Å². The molecule has 1 fully saturated rings. The first-order valence-electron chi connectivity index (χ1n) is 8.18. The molecule has 0 saturated carbocycles. The highest BCUT2D eigenvalue weighted by atomic mass is 32.2. The lowest BCUT2D eigenvalue weighted by Gasteiger charge is -2.10. The molecule has 0 atom stereocenters. The maximum Gasteiger partial charge on any atom is 0.290 e. The molecule has 0 unspecified atom stereocenters. The Morgan fingerprint density at radius 1 is 0.923 bits per heavy atom. The third kappa shape index (κ3) is 4.89. The van der Waals surface area contributed by atoms with Gasteiger partial charge >= 0.3 is 0 Å². The fourth-order valence-electron chi connectivity index (χ4n) is 2.57. The Hall–Kier alpha value is -2.73. The Kier molecular flexibility index (Phi) is 5.63. The van der Waals surface area contributed by atoms with E-state index in [2.05, 4.69) is 11.4 Å². The Labute approximate surface area is 156 Å². The number of carbonyl (C=O) groups is 2. The summed E-state index contributed by atoms with van der Waals surface area (Å²) >= 11 is 0.903. The maximum absolute atomic E-state index is 11.5. The third-order valence-corrected chi connectivity index (χ3v) is 4.45. The number of thioether (sulfide) groups is 1. The van der Waals surface area contributed by atoms with Crippen LogP contribution < -0.4 is 14.8 Å². The summed E-state index contributed by atoms with van der Waals surface area (Å²) in [4.78, 5) is 23.1. The van der Waals surface area contributed by atoms with Crippen LogP contribution in [0.15, 0.2) is 47.4 Å². The third-order valence-electron chi connectivity index (χ3n) is 3.64. The van der Waals surface area contributed by atoms with Crippen LogP contribution in [0.1, 0.15) is 16.7 Å². The number of imide groups is 1. The van der Waals surface area contributed by atoms with Gasteiger partial charge in [0.15, 0.2) is 0 Å². The minimum absolute atomic E-state index is 0.343. The Morgan fingerprint density at radius 2 is 1.54 bits per heavy atom. The second-order valence-electron chi connectivity index (χ2n) is 5.94. The standard InChI is InChI=1S/C20H19NO4S/c1-13-9-14(2)11-17(10-13)25-8-7-24-16-5-3-15(4-6-16)12-18-19(22)21-20(23)26-18/h3-6,9-12H,7-8H2,1-2H3,(H,21,22,23)/b18-12-. The molecule has 0 bridgehead atoms. The Morgan fingerprint density at radius 3 is 2.12 bits per heavy atom. The van der Waals surface area contributed by atoms with E-state index in [9.17, 15) is 9.59 Å². The van der Waals surface area contributed by atoms with Crippen molar-refractivity contribution in [3.63, 3.8) is 0 Å². The van der Waals surface area contributed by atoms with Crippen LogP contribution in [0.4, 0.5) is 4.79 Å². The topological polar surface area (TPSA) is 64.6 Å². The first kappa shape index (κ1) is 18.1. The second kappa shape index (κ2) is 8.10. The molecule has 6 heteroatoms. The molecule has 2 aromatic rings. The number of hydrogen-bond acceptors (Lipinski definition) is 5. The van der Waals surface area contributed by atoms with Crippen molar-refractivity contribution in [2.45, 2.75) is 13.8 Å². The quantitative estimate of drug-likeness (QED) is 0.614. The van der Waals surface area contributed by atoms with E-state index >= 15 is 0 Å². The molecule has 1 heterocycles. The van der Waals surface area contributed by atoms with E-state index in [1.807, 2.05) is 50.2 Å². The van der Waals surface area contributed by atoms with E-state index in [1.54, 1.807) is 6.08 Å². The minimum atomic E-state index is -0.358. The summed E-state index contributed by atoms with van der Waals surface area (Å²) in [6.45, 7) is 4.96. The zero-order valence-electron chi connectivity index (χ0n) is 14.6. The molecule has 1 saturated heterocycles. The molecule has 26 heavy (non-hydrogen) atoms. The summed E-state index contributed by atoms with van der Waals surface area (Å²) < 4.78 is 11.4. The second-order valence-corrected chi connectivity index (χ2v) is 6.96. The number of rotatable bonds is 6. The van der Waals surface area contributed by atoms with E-state index < -0.39 is 0 Å². The lowest BCUT2D eigenvalue weighted by atomic mass is 10.1. The molecule has 0 spiro atoms. The lowest BCUT2D eigenvalue weighted by molar-refractivity contribution is -0.115. The summed E-state index contributed by atoms with van der Waals surface area (Å²) in [7, 11) is 0. The maximum atomic E-state index is 11.5.